The topological polar surface area (TPSA) is 90.9 Å². The van der Waals surface area contributed by atoms with Gasteiger partial charge in [0.15, 0.2) is 0 Å². The lowest BCUT2D eigenvalue weighted by molar-refractivity contribution is -0.139. The van der Waals surface area contributed by atoms with E-state index in [1.54, 1.807) is 13.2 Å². The second kappa shape index (κ2) is 9.43. The molecule has 0 unspecified atom stereocenters. The van der Waals surface area contributed by atoms with Crippen LogP contribution in [0.15, 0.2) is 48.5 Å². The number of likely N-dealkylation sites (N-methyl/N-ethyl adjacent to an activating group) is 1. The average Bonchev–Trinajstić information content (AvgIpc) is 2.69. The molecule has 0 atom stereocenters. The number of aliphatic carboxylic acids is 1. The fourth-order valence-corrected chi connectivity index (χ4v) is 3.62. The molecule has 2 aromatic rings. The number of benzene rings is 2. The number of nitrogens with zero attached hydrogens (tertiary/aromatic N) is 1. The van der Waals surface area contributed by atoms with Crippen LogP contribution in [0.25, 0.3) is 0 Å². The zero-order valence-electron chi connectivity index (χ0n) is 16.7. The maximum atomic E-state index is 12.8. The van der Waals surface area contributed by atoms with Crippen LogP contribution in [0.5, 0.6) is 5.75 Å². The minimum Gasteiger partial charge on any atom is -0.495 e. The smallest absolute Gasteiger partial charge is 0.317 e. The number of carboxylic acids is 1. The highest BCUT2D eigenvalue weighted by Gasteiger charge is 2.35. The van der Waals surface area contributed by atoms with Gasteiger partial charge in [0.25, 0.3) is 5.91 Å². The number of anilines is 2. The second-order valence-corrected chi connectivity index (χ2v) is 7.12. The molecule has 0 aromatic heterocycles. The minimum atomic E-state index is -0.823. The van der Waals surface area contributed by atoms with E-state index in [1.165, 1.54) is 0 Å². The number of carboxylic acid groups (broad SMARTS) is 1. The van der Waals surface area contributed by atoms with E-state index in [-0.39, 0.29) is 24.5 Å². The maximum Gasteiger partial charge on any atom is 0.317 e. The first-order valence-electron chi connectivity index (χ1n) is 9.77. The molecule has 29 heavy (non-hydrogen) atoms. The zero-order valence-corrected chi connectivity index (χ0v) is 16.7. The molecule has 1 fully saturated rings. The van der Waals surface area contributed by atoms with Crippen molar-refractivity contribution < 1.29 is 19.4 Å². The Morgan fingerprint density at radius 1 is 1.10 bits per heavy atom. The average molecular weight is 397 g/mol. The van der Waals surface area contributed by atoms with Crippen LogP contribution in [0.4, 0.5) is 11.4 Å². The first-order chi connectivity index (χ1) is 14.0. The number of methoxy groups -OCH3 is 1. The van der Waals surface area contributed by atoms with E-state index in [4.69, 9.17) is 9.84 Å². The fraction of sp³-hybridized carbons (Fsp3) is 0.364. The van der Waals surface area contributed by atoms with Crippen molar-refractivity contribution in [1.29, 1.82) is 0 Å². The van der Waals surface area contributed by atoms with Gasteiger partial charge >= 0.3 is 5.97 Å². The Bertz CT molecular complexity index is 865. The number of carbonyl (C=O) groups is 2. The highest BCUT2D eigenvalue weighted by Crippen LogP contribution is 2.30. The number of rotatable bonds is 9. The van der Waals surface area contributed by atoms with Gasteiger partial charge in [0.1, 0.15) is 5.75 Å². The van der Waals surface area contributed by atoms with Gasteiger partial charge in [0.2, 0.25) is 0 Å². The Hall–Kier alpha value is -3.06. The number of hydrogen-bond acceptors (Lipinski definition) is 5. The summed E-state index contributed by atoms with van der Waals surface area (Å²) in [7, 11) is 1.61. The molecule has 0 saturated heterocycles. The van der Waals surface area contributed by atoms with Gasteiger partial charge in [-0.25, -0.2) is 0 Å². The molecule has 0 radical (unpaired) electrons. The van der Waals surface area contributed by atoms with Crippen LogP contribution < -0.4 is 15.4 Å². The molecule has 1 saturated carbocycles. The van der Waals surface area contributed by atoms with Crippen LogP contribution in [0.3, 0.4) is 0 Å². The van der Waals surface area contributed by atoms with Crippen LogP contribution in [0.1, 0.15) is 30.1 Å². The SMILES string of the molecule is CCN(CC(=O)O)C1CC(NC(=O)c2ccccc2Nc2ccccc2OC)C1. The van der Waals surface area contributed by atoms with Crippen LogP contribution in [-0.2, 0) is 4.79 Å². The molecule has 2 aromatic carbocycles. The summed E-state index contributed by atoms with van der Waals surface area (Å²) in [5, 5.41) is 15.4. The summed E-state index contributed by atoms with van der Waals surface area (Å²) >= 11 is 0. The Morgan fingerprint density at radius 3 is 2.41 bits per heavy atom. The van der Waals surface area contributed by atoms with E-state index in [0.29, 0.717) is 23.5 Å². The summed E-state index contributed by atoms with van der Waals surface area (Å²) in [6.07, 6.45) is 1.52. The highest BCUT2D eigenvalue weighted by molar-refractivity contribution is 6.00. The fourth-order valence-electron chi connectivity index (χ4n) is 3.62. The van der Waals surface area contributed by atoms with Gasteiger partial charge in [-0.15, -0.1) is 0 Å². The first-order valence-corrected chi connectivity index (χ1v) is 9.77. The van der Waals surface area contributed by atoms with E-state index < -0.39 is 5.97 Å². The molecule has 0 heterocycles. The quantitative estimate of drug-likeness (QED) is 0.602. The van der Waals surface area contributed by atoms with Crippen molar-refractivity contribution in [3.63, 3.8) is 0 Å². The summed E-state index contributed by atoms with van der Waals surface area (Å²) in [5.41, 5.74) is 2.04. The van der Waals surface area contributed by atoms with Crippen molar-refractivity contribution in [1.82, 2.24) is 10.2 Å². The number of amides is 1. The van der Waals surface area contributed by atoms with Crippen molar-refractivity contribution in [3.05, 3.63) is 54.1 Å². The second-order valence-electron chi connectivity index (χ2n) is 7.12. The molecular formula is C22H27N3O4. The molecule has 7 heteroatoms. The largest absolute Gasteiger partial charge is 0.495 e. The Kier molecular flexibility index (Phi) is 6.72. The van der Waals surface area contributed by atoms with Gasteiger partial charge in [-0.2, -0.15) is 0 Å². The Morgan fingerprint density at radius 2 is 1.76 bits per heavy atom. The first kappa shape index (κ1) is 20.7. The summed E-state index contributed by atoms with van der Waals surface area (Å²) in [6.45, 7) is 2.67. The predicted molar refractivity (Wildman–Crippen MR) is 112 cm³/mol. The molecule has 3 N–H and O–H groups in total. The summed E-state index contributed by atoms with van der Waals surface area (Å²) in [6, 6.07) is 15.1. The van der Waals surface area contributed by atoms with Gasteiger partial charge in [-0.3, -0.25) is 14.5 Å². The van der Waals surface area contributed by atoms with Crippen LogP contribution in [-0.4, -0.2) is 54.2 Å². The van der Waals surface area contributed by atoms with Crippen molar-refractivity contribution in [2.45, 2.75) is 31.8 Å². The molecule has 1 amide bonds. The molecule has 0 spiro atoms. The molecule has 1 aliphatic carbocycles. The van der Waals surface area contributed by atoms with E-state index >= 15 is 0 Å². The van der Waals surface area contributed by atoms with Crippen molar-refractivity contribution in [2.24, 2.45) is 0 Å². The Labute approximate surface area is 170 Å². The van der Waals surface area contributed by atoms with Crippen molar-refractivity contribution in [2.75, 3.05) is 25.5 Å². The van der Waals surface area contributed by atoms with E-state index in [0.717, 1.165) is 18.5 Å². The Balaban J connectivity index is 1.63. The molecule has 0 aliphatic heterocycles. The normalized spacial score (nSPS) is 18.0. The lowest BCUT2D eigenvalue weighted by Gasteiger charge is -2.42. The van der Waals surface area contributed by atoms with Gasteiger partial charge in [0.05, 0.1) is 30.6 Å². The predicted octanol–water partition coefficient (Wildman–Crippen LogP) is 3.11. The molecule has 3 rings (SSSR count). The van der Waals surface area contributed by atoms with Crippen molar-refractivity contribution in [3.8, 4) is 5.75 Å². The van der Waals surface area contributed by atoms with Crippen molar-refractivity contribution >= 4 is 23.3 Å². The third-order valence-corrected chi connectivity index (χ3v) is 5.26. The molecule has 7 nitrogen and oxygen atoms in total. The monoisotopic (exact) mass is 397 g/mol. The lowest BCUT2D eigenvalue weighted by Crippen LogP contribution is -2.54. The van der Waals surface area contributed by atoms with Gasteiger partial charge in [0, 0.05) is 12.1 Å². The van der Waals surface area contributed by atoms with E-state index in [2.05, 4.69) is 10.6 Å². The molecule has 154 valence electrons. The molecular weight excluding hydrogens is 370 g/mol. The van der Waals surface area contributed by atoms with Gasteiger partial charge in [-0.1, -0.05) is 31.2 Å². The number of para-hydroxylation sites is 3. The molecule has 1 aliphatic rings. The number of nitrogens with one attached hydrogen (secondary N) is 2. The third-order valence-electron chi connectivity index (χ3n) is 5.26. The third kappa shape index (κ3) is 5.06. The van der Waals surface area contributed by atoms with Crippen LogP contribution >= 0.6 is 0 Å². The minimum absolute atomic E-state index is 0.0352. The lowest BCUT2D eigenvalue weighted by atomic mass is 9.85. The number of hydrogen-bond donors (Lipinski definition) is 3. The van der Waals surface area contributed by atoms with Gasteiger partial charge in [-0.05, 0) is 43.7 Å². The number of carbonyl (C=O) groups excluding carboxylic acids is 1. The summed E-state index contributed by atoms with van der Waals surface area (Å²) in [4.78, 5) is 25.7. The molecule has 0 bridgehead atoms. The van der Waals surface area contributed by atoms with E-state index in [1.807, 2.05) is 54.3 Å². The maximum absolute atomic E-state index is 12.8. The standard InChI is InChI=1S/C22H27N3O4/c1-3-25(14-21(26)27)16-12-15(13-16)23-22(28)17-8-4-5-9-18(17)24-19-10-6-7-11-20(19)29-2/h4-11,15-16,24H,3,12-14H2,1-2H3,(H,23,28)(H,26,27). The number of ether oxygens (including phenoxy) is 1. The summed E-state index contributed by atoms with van der Waals surface area (Å²) < 4.78 is 5.37. The highest BCUT2D eigenvalue weighted by atomic mass is 16.5. The van der Waals surface area contributed by atoms with Crippen LogP contribution in [0.2, 0.25) is 0 Å². The van der Waals surface area contributed by atoms with Gasteiger partial charge < -0.3 is 20.5 Å². The van der Waals surface area contributed by atoms with E-state index in [9.17, 15) is 9.59 Å². The summed E-state index contributed by atoms with van der Waals surface area (Å²) in [5.74, 6) is -0.272. The zero-order chi connectivity index (χ0) is 20.8. The van der Waals surface area contributed by atoms with Crippen LogP contribution in [0, 0.1) is 0 Å².